The van der Waals surface area contributed by atoms with Crippen LogP contribution >= 0.6 is 0 Å². The molecule has 1 fully saturated rings. The Kier molecular flexibility index (Phi) is 5.88. The van der Waals surface area contributed by atoms with E-state index in [1.165, 1.54) is 12.1 Å². The van der Waals surface area contributed by atoms with Gasteiger partial charge < -0.3 is 10.1 Å². The van der Waals surface area contributed by atoms with Gasteiger partial charge in [0.25, 0.3) is 5.69 Å². The quantitative estimate of drug-likeness (QED) is 0.592. The van der Waals surface area contributed by atoms with Crippen LogP contribution in [0.15, 0.2) is 30.5 Å². The van der Waals surface area contributed by atoms with E-state index in [1.54, 1.807) is 16.8 Å². The van der Waals surface area contributed by atoms with Gasteiger partial charge in [-0.15, -0.1) is 0 Å². The molecule has 1 aliphatic heterocycles. The van der Waals surface area contributed by atoms with Gasteiger partial charge in [-0.1, -0.05) is 0 Å². The lowest BCUT2D eigenvalue weighted by atomic mass is 10.0. The van der Waals surface area contributed by atoms with Crippen LogP contribution in [0.25, 0.3) is 11.3 Å². The van der Waals surface area contributed by atoms with Crippen LogP contribution in [0.2, 0.25) is 0 Å². The Labute approximate surface area is 159 Å². The first kappa shape index (κ1) is 19.5. The molecular weight excluding hydrogens is 346 g/mol. The molecule has 27 heavy (non-hydrogen) atoms. The standard InChI is InChI=1S/C19H27N5O3/c1-19(2,23-8-10-27-11-9-23)14-20-12-16-13-22(3)21-18(16)15-4-6-17(7-5-15)24(25)26/h4-7,13,20H,8-12,14H2,1-3H3. The predicted octanol–water partition coefficient (Wildman–Crippen LogP) is 2.20. The van der Waals surface area contributed by atoms with Crippen molar-refractivity contribution in [3.63, 3.8) is 0 Å². The summed E-state index contributed by atoms with van der Waals surface area (Å²) < 4.78 is 7.22. The van der Waals surface area contributed by atoms with E-state index in [0.29, 0.717) is 6.54 Å². The number of hydrogen-bond acceptors (Lipinski definition) is 6. The van der Waals surface area contributed by atoms with E-state index in [1.807, 2.05) is 13.2 Å². The van der Waals surface area contributed by atoms with Crippen LogP contribution in [0.3, 0.4) is 0 Å². The molecule has 8 nitrogen and oxygen atoms in total. The number of non-ortho nitro benzene ring substituents is 1. The van der Waals surface area contributed by atoms with E-state index < -0.39 is 4.92 Å². The van der Waals surface area contributed by atoms with E-state index in [4.69, 9.17) is 4.74 Å². The molecule has 0 spiro atoms. The summed E-state index contributed by atoms with van der Waals surface area (Å²) in [5.41, 5.74) is 2.93. The summed E-state index contributed by atoms with van der Waals surface area (Å²) in [6, 6.07) is 6.54. The third-order valence-electron chi connectivity index (χ3n) is 5.00. The third kappa shape index (κ3) is 4.71. The van der Waals surface area contributed by atoms with Crippen molar-refractivity contribution < 1.29 is 9.66 Å². The van der Waals surface area contributed by atoms with Gasteiger partial charge in [-0.05, 0) is 26.0 Å². The molecular formula is C19H27N5O3. The number of nitro groups is 1. The van der Waals surface area contributed by atoms with Crippen molar-refractivity contribution in [3.8, 4) is 11.3 Å². The third-order valence-corrected chi connectivity index (χ3v) is 5.00. The number of aromatic nitrogens is 2. The highest BCUT2D eigenvalue weighted by Gasteiger charge is 2.27. The van der Waals surface area contributed by atoms with Crippen molar-refractivity contribution in [1.82, 2.24) is 20.0 Å². The van der Waals surface area contributed by atoms with Gasteiger partial charge in [0.1, 0.15) is 0 Å². The van der Waals surface area contributed by atoms with Crippen LogP contribution in [0, 0.1) is 10.1 Å². The predicted molar refractivity (Wildman–Crippen MR) is 103 cm³/mol. The van der Waals surface area contributed by atoms with E-state index in [-0.39, 0.29) is 11.2 Å². The molecule has 3 rings (SSSR count). The van der Waals surface area contributed by atoms with Crippen molar-refractivity contribution in [1.29, 1.82) is 0 Å². The second kappa shape index (κ2) is 8.16. The van der Waals surface area contributed by atoms with Crippen LogP contribution in [0.1, 0.15) is 19.4 Å². The summed E-state index contributed by atoms with van der Waals surface area (Å²) in [4.78, 5) is 12.9. The molecule has 0 atom stereocenters. The molecule has 1 aromatic carbocycles. The van der Waals surface area contributed by atoms with Crippen molar-refractivity contribution >= 4 is 5.69 Å². The highest BCUT2D eigenvalue weighted by atomic mass is 16.6. The number of rotatable bonds is 7. The van der Waals surface area contributed by atoms with Gasteiger partial charge in [0.05, 0.1) is 23.8 Å². The van der Waals surface area contributed by atoms with Crippen molar-refractivity contribution in [3.05, 3.63) is 46.1 Å². The molecule has 0 amide bonds. The van der Waals surface area contributed by atoms with Crippen LogP contribution < -0.4 is 5.32 Å². The first-order valence-corrected chi connectivity index (χ1v) is 9.18. The molecule has 1 saturated heterocycles. The number of hydrogen-bond donors (Lipinski definition) is 1. The molecule has 146 valence electrons. The molecule has 1 aliphatic rings. The lowest BCUT2D eigenvalue weighted by Crippen LogP contribution is -2.54. The molecule has 0 radical (unpaired) electrons. The van der Waals surface area contributed by atoms with Gasteiger partial charge in [0, 0.05) is 68.2 Å². The highest BCUT2D eigenvalue weighted by molar-refractivity contribution is 5.64. The average Bonchev–Trinajstić information content (AvgIpc) is 3.03. The molecule has 8 heteroatoms. The lowest BCUT2D eigenvalue weighted by molar-refractivity contribution is -0.384. The molecule has 2 heterocycles. The monoisotopic (exact) mass is 373 g/mol. The minimum atomic E-state index is -0.390. The first-order chi connectivity index (χ1) is 12.9. The summed E-state index contributed by atoms with van der Waals surface area (Å²) in [6.45, 7) is 9.50. The summed E-state index contributed by atoms with van der Waals surface area (Å²) in [5, 5.41) is 18.9. The van der Waals surface area contributed by atoms with Crippen LogP contribution in [0.4, 0.5) is 5.69 Å². The first-order valence-electron chi connectivity index (χ1n) is 9.18. The van der Waals surface area contributed by atoms with E-state index in [0.717, 1.165) is 49.7 Å². The average molecular weight is 373 g/mol. The second-order valence-electron chi connectivity index (χ2n) is 7.50. The summed E-state index contributed by atoms with van der Waals surface area (Å²) in [6.07, 6.45) is 1.99. The maximum absolute atomic E-state index is 10.8. The van der Waals surface area contributed by atoms with Crippen LogP contribution in [-0.4, -0.2) is 58.0 Å². The molecule has 2 aromatic rings. The van der Waals surface area contributed by atoms with Crippen LogP contribution in [-0.2, 0) is 18.3 Å². The Balaban J connectivity index is 1.66. The Morgan fingerprint density at radius 3 is 2.56 bits per heavy atom. The fraction of sp³-hybridized carbons (Fsp3) is 0.526. The van der Waals surface area contributed by atoms with Crippen molar-refractivity contribution in [2.45, 2.75) is 25.9 Å². The zero-order valence-corrected chi connectivity index (χ0v) is 16.1. The fourth-order valence-electron chi connectivity index (χ4n) is 3.43. The van der Waals surface area contributed by atoms with Gasteiger partial charge in [0.15, 0.2) is 0 Å². The fourth-order valence-corrected chi connectivity index (χ4v) is 3.43. The second-order valence-corrected chi connectivity index (χ2v) is 7.50. The normalized spacial score (nSPS) is 15.8. The number of nitrogens with one attached hydrogen (secondary N) is 1. The number of aryl methyl sites for hydroxylation is 1. The van der Waals surface area contributed by atoms with Gasteiger partial charge in [0.2, 0.25) is 0 Å². The van der Waals surface area contributed by atoms with Crippen LogP contribution in [0.5, 0.6) is 0 Å². The van der Waals surface area contributed by atoms with Gasteiger partial charge in [-0.2, -0.15) is 5.10 Å². The molecule has 1 aromatic heterocycles. The number of nitro benzene ring substituents is 1. The SMILES string of the molecule is Cn1cc(CNCC(C)(C)N2CCOCC2)c(-c2ccc([N+](=O)[O-])cc2)n1. The van der Waals surface area contributed by atoms with E-state index in [9.17, 15) is 10.1 Å². The highest BCUT2D eigenvalue weighted by Crippen LogP contribution is 2.24. The van der Waals surface area contributed by atoms with Gasteiger partial charge in [-0.3, -0.25) is 19.7 Å². The van der Waals surface area contributed by atoms with E-state index in [2.05, 4.69) is 29.2 Å². The van der Waals surface area contributed by atoms with Crippen molar-refractivity contribution in [2.24, 2.45) is 7.05 Å². The summed E-state index contributed by atoms with van der Waals surface area (Å²) in [7, 11) is 1.88. The molecule has 0 bridgehead atoms. The molecule has 0 aliphatic carbocycles. The minimum absolute atomic E-state index is 0.0412. The Morgan fingerprint density at radius 1 is 1.26 bits per heavy atom. The molecule has 0 unspecified atom stereocenters. The number of nitrogens with zero attached hydrogens (tertiary/aromatic N) is 4. The largest absolute Gasteiger partial charge is 0.379 e. The van der Waals surface area contributed by atoms with Crippen molar-refractivity contribution in [2.75, 3.05) is 32.8 Å². The van der Waals surface area contributed by atoms with Gasteiger partial charge >= 0.3 is 0 Å². The number of benzene rings is 1. The summed E-state index contributed by atoms with van der Waals surface area (Å²) >= 11 is 0. The van der Waals surface area contributed by atoms with Gasteiger partial charge in [-0.25, -0.2) is 0 Å². The minimum Gasteiger partial charge on any atom is -0.379 e. The summed E-state index contributed by atoms with van der Waals surface area (Å²) in [5.74, 6) is 0. The Hall–Kier alpha value is -2.29. The number of ether oxygens (including phenoxy) is 1. The van der Waals surface area contributed by atoms with E-state index >= 15 is 0 Å². The number of morpholine rings is 1. The zero-order chi connectivity index (χ0) is 19.4. The zero-order valence-electron chi connectivity index (χ0n) is 16.1. The topological polar surface area (TPSA) is 85.5 Å². The smallest absolute Gasteiger partial charge is 0.269 e. The Morgan fingerprint density at radius 2 is 1.93 bits per heavy atom. The Bertz CT molecular complexity index is 779. The maximum Gasteiger partial charge on any atom is 0.269 e. The maximum atomic E-state index is 10.8. The lowest BCUT2D eigenvalue weighted by Gasteiger charge is -2.41. The molecule has 1 N–H and O–H groups in total. The molecule has 0 saturated carbocycles.